The van der Waals surface area contributed by atoms with E-state index in [1.807, 2.05) is 6.07 Å². The number of fused-ring (bicyclic) bond motifs is 1. The van der Waals surface area contributed by atoms with Gasteiger partial charge in [-0.3, -0.25) is 10.1 Å². The standard InChI is InChI=1S/C23H14ClN5O6S/c1-11(12-4-2-3-5-13(12)24)33-22(32)27-17-14(10-25)29-36-15(17)6-7-16-26-18-19(34-16)28-20(35-18)23(8-9-23)21(30)31/h2-5,11H,8-9H2,1H3,(H,27,32)(H,30,31). The lowest BCUT2D eigenvalue weighted by Gasteiger charge is -2.15. The second-order valence-corrected chi connectivity index (χ2v) is 9.01. The summed E-state index contributed by atoms with van der Waals surface area (Å²) >= 11 is 7.05. The summed E-state index contributed by atoms with van der Waals surface area (Å²) in [5.41, 5.74) is -0.399. The summed E-state index contributed by atoms with van der Waals surface area (Å²) in [7, 11) is 0. The topological polar surface area (TPSA) is 164 Å². The third kappa shape index (κ3) is 4.24. The van der Waals surface area contributed by atoms with Gasteiger partial charge in [0.1, 0.15) is 28.2 Å². The molecule has 1 amide bonds. The molecule has 11 nitrogen and oxygen atoms in total. The Hall–Kier alpha value is -4.39. The van der Waals surface area contributed by atoms with E-state index in [1.54, 1.807) is 31.2 Å². The number of aliphatic carboxylic acids is 1. The normalized spacial score (nSPS) is 14.4. The molecule has 5 rings (SSSR count). The number of anilines is 1. The number of hydrogen-bond donors (Lipinski definition) is 2. The molecule has 1 fully saturated rings. The van der Waals surface area contributed by atoms with E-state index >= 15 is 0 Å². The molecule has 0 aliphatic heterocycles. The second-order valence-electron chi connectivity index (χ2n) is 7.83. The van der Waals surface area contributed by atoms with Crippen molar-refractivity contribution in [2.24, 2.45) is 0 Å². The maximum absolute atomic E-state index is 12.5. The van der Waals surface area contributed by atoms with Gasteiger partial charge in [-0.2, -0.15) is 19.6 Å². The van der Waals surface area contributed by atoms with E-state index in [2.05, 4.69) is 31.5 Å². The Labute approximate surface area is 211 Å². The van der Waals surface area contributed by atoms with Crippen LogP contribution in [0.15, 0.2) is 33.1 Å². The lowest BCUT2D eigenvalue weighted by molar-refractivity contribution is -0.140. The third-order valence-corrected chi connectivity index (χ3v) is 6.59. The Morgan fingerprint density at radius 1 is 1.25 bits per heavy atom. The number of aromatic nitrogens is 3. The summed E-state index contributed by atoms with van der Waals surface area (Å²) in [4.78, 5) is 32.4. The number of carbonyl (C=O) groups is 2. The Balaban J connectivity index is 1.33. The van der Waals surface area contributed by atoms with Gasteiger partial charge in [0.15, 0.2) is 5.69 Å². The van der Waals surface area contributed by atoms with Crippen LogP contribution in [0, 0.1) is 23.2 Å². The van der Waals surface area contributed by atoms with Crippen LogP contribution in [0.5, 0.6) is 0 Å². The zero-order chi connectivity index (χ0) is 25.4. The van der Waals surface area contributed by atoms with Gasteiger partial charge >= 0.3 is 12.1 Å². The highest BCUT2D eigenvalue weighted by molar-refractivity contribution is 7.07. The summed E-state index contributed by atoms with van der Waals surface area (Å²) in [6.07, 6.45) is -0.610. The van der Waals surface area contributed by atoms with E-state index in [9.17, 15) is 20.0 Å². The van der Waals surface area contributed by atoms with Crippen LogP contribution in [0.3, 0.4) is 0 Å². The molecule has 1 aliphatic rings. The fraction of sp³-hybridized carbons (Fsp3) is 0.217. The molecule has 0 spiro atoms. The first-order chi connectivity index (χ1) is 17.3. The van der Waals surface area contributed by atoms with Gasteiger partial charge < -0.3 is 18.7 Å². The first-order valence-corrected chi connectivity index (χ1v) is 11.6. The van der Waals surface area contributed by atoms with Gasteiger partial charge in [0.25, 0.3) is 17.3 Å². The molecule has 0 radical (unpaired) electrons. The van der Waals surface area contributed by atoms with Gasteiger partial charge in [0, 0.05) is 10.6 Å². The quantitative estimate of drug-likeness (QED) is 0.352. The van der Waals surface area contributed by atoms with Crippen molar-refractivity contribution in [3.05, 3.63) is 57.2 Å². The molecule has 1 aromatic carbocycles. The number of hydrogen-bond acceptors (Lipinski definition) is 10. The van der Waals surface area contributed by atoms with Gasteiger partial charge in [-0.05, 0) is 49.2 Å². The zero-order valence-electron chi connectivity index (χ0n) is 18.4. The fourth-order valence-corrected chi connectivity index (χ4v) is 4.32. The fourth-order valence-electron chi connectivity index (χ4n) is 3.38. The first kappa shape index (κ1) is 23.4. The molecule has 36 heavy (non-hydrogen) atoms. The molecule has 180 valence electrons. The van der Waals surface area contributed by atoms with E-state index in [0.29, 0.717) is 23.4 Å². The second kappa shape index (κ2) is 9.00. The maximum atomic E-state index is 12.5. The monoisotopic (exact) mass is 523 g/mol. The summed E-state index contributed by atoms with van der Waals surface area (Å²) in [5, 5.41) is 21.7. The molecule has 0 saturated heterocycles. The van der Waals surface area contributed by atoms with Gasteiger partial charge in [0.2, 0.25) is 5.89 Å². The number of nitriles is 1. The van der Waals surface area contributed by atoms with E-state index < -0.39 is 23.6 Å². The molecule has 0 bridgehead atoms. The number of rotatable bonds is 5. The molecule has 3 aromatic heterocycles. The van der Waals surface area contributed by atoms with Crippen LogP contribution in [0.2, 0.25) is 5.02 Å². The molecule has 3 heterocycles. The van der Waals surface area contributed by atoms with Crippen molar-refractivity contribution in [3.8, 4) is 17.9 Å². The maximum Gasteiger partial charge on any atom is 0.412 e. The van der Waals surface area contributed by atoms with Crippen molar-refractivity contribution in [1.82, 2.24) is 14.3 Å². The van der Waals surface area contributed by atoms with E-state index in [-0.39, 0.29) is 39.5 Å². The Kier molecular flexibility index (Phi) is 5.84. The van der Waals surface area contributed by atoms with Crippen LogP contribution >= 0.6 is 23.1 Å². The van der Waals surface area contributed by atoms with Gasteiger partial charge in [-0.25, -0.2) is 4.79 Å². The summed E-state index contributed by atoms with van der Waals surface area (Å²) < 4.78 is 20.3. The van der Waals surface area contributed by atoms with Gasteiger partial charge in [-0.15, -0.1) is 0 Å². The van der Waals surface area contributed by atoms with Crippen LogP contribution in [0.1, 0.15) is 53.8 Å². The van der Waals surface area contributed by atoms with E-state index in [1.165, 1.54) is 0 Å². The van der Waals surface area contributed by atoms with Crippen LogP contribution in [0.4, 0.5) is 10.5 Å². The highest BCUT2D eigenvalue weighted by atomic mass is 35.5. The van der Waals surface area contributed by atoms with Crippen molar-refractivity contribution in [2.45, 2.75) is 31.3 Å². The molecule has 1 saturated carbocycles. The minimum absolute atomic E-state index is 0.0272. The largest absolute Gasteiger partial charge is 0.480 e. The van der Waals surface area contributed by atoms with E-state index in [0.717, 1.165) is 11.5 Å². The smallest absolute Gasteiger partial charge is 0.412 e. The number of carboxylic acid groups (broad SMARTS) is 1. The minimum atomic E-state index is -1.12. The number of amides is 1. The van der Waals surface area contributed by atoms with Crippen molar-refractivity contribution >= 4 is 52.3 Å². The Bertz CT molecular complexity index is 1590. The number of carboxylic acids is 1. The number of nitrogens with one attached hydrogen (secondary N) is 1. The predicted octanol–water partition coefficient (Wildman–Crippen LogP) is 4.62. The van der Waals surface area contributed by atoms with Gasteiger partial charge in [0.05, 0.1) is 0 Å². The molecule has 1 atom stereocenters. The highest BCUT2D eigenvalue weighted by Crippen LogP contribution is 2.48. The molecule has 2 N–H and O–H groups in total. The minimum Gasteiger partial charge on any atom is -0.480 e. The van der Waals surface area contributed by atoms with Crippen LogP contribution in [0.25, 0.3) is 11.4 Å². The lowest BCUT2D eigenvalue weighted by atomic mass is 10.1. The zero-order valence-corrected chi connectivity index (χ0v) is 19.9. The Morgan fingerprint density at radius 2 is 2.00 bits per heavy atom. The molecule has 4 aromatic rings. The SMILES string of the molecule is CC(OC(=O)Nc1c(C#N)nsc1C#Cc1nc2oc(C3(C(=O)O)CC3)nc2o1)c1ccccc1Cl. The van der Waals surface area contributed by atoms with Crippen molar-refractivity contribution in [3.63, 3.8) is 0 Å². The van der Waals surface area contributed by atoms with Crippen LogP contribution in [-0.4, -0.2) is 31.5 Å². The number of oxazole rings is 2. The number of halogens is 1. The number of nitrogens with zero attached hydrogens (tertiary/aromatic N) is 4. The molecule has 1 aliphatic carbocycles. The van der Waals surface area contributed by atoms with Crippen LogP contribution < -0.4 is 5.32 Å². The highest BCUT2D eigenvalue weighted by Gasteiger charge is 2.56. The number of carbonyl (C=O) groups excluding carboxylic acids is 1. The average Bonchev–Trinajstić information content (AvgIpc) is 3.23. The average molecular weight is 524 g/mol. The summed E-state index contributed by atoms with van der Waals surface area (Å²) in [6.45, 7) is 1.66. The predicted molar refractivity (Wildman–Crippen MR) is 125 cm³/mol. The molecule has 13 heteroatoms. The number of ether oxygens (including phenoxy) is 1. The van der Waals surface area contributed by atoms with Crippen molar-refractivity contribution in [1.29, 1.82) is 5.26 Å². The van der Waals surface area contributed by atoms with E-state index in [4.69, 9.17) is 25.2 Å². The third-order valence-electron chi connectivity index (χ3n) is 5.48. The lowest BCUT2D eigenvalue weighted by Crippen LogP contribution is -2.19. The molecular formula is C23H14ClN5O6S. The van der Waals surface area contributed by atoms with Crippen molar-refractivity contribution < 1.29 is 28.3 Å². The Morgan fingerprint density at radius 3 is 2.67 bits per heavy atom. The van der Waals surface area contributed by atoms with Gasteiger partial charge in [-0.1, -0.05) is 29.8 Å². The summed E-state index contributed by atoms with van der Waals surface area (Å²) in [6, 6.07) is 8.85. The van der Waals surface area contributed by atoms with Crippen molar-refractivity contribution in [2.75, 3.05) is 5.32 Å². The summed E-state index contributed by atoms with van der Waals surface area (Å²) in [5.74, 6) is 4.41. The first-order valence-electron chi connectivity index (χ1n) is 10.5. The number of benzene rings is 1. The van der Waals surface area contributed by atoms with Crippen LogP contribution in [-0.2, 0) is 14.9 Å². The molecule has 1 unspecified atom stereocenters. The molecular weight excluding hydrogens is 510 g/mol.